The number of alkyl carbamates (subject to hydrolysis) is 1. The van der Waals surface area contributed by atoms with Crippen LogP contribution < -0.4 is 21.7 Å². The van der Waals surface area contributed by atoms with E-state index in [-0.39, 0.29) is 25.5 Å². The number of hydrogen-bond donors (Lipinski definition) is 4. The number of carbonyl (C=O) groups is 5. The molecule has 11 heteroatoms. The molecule has 11 nitrogen and oxygen atoms in total. The predicted octanol–water partition coefficient (Wildman–Crippen LogP) is -0.649. The van der Waals surface area contributed by atoms with Gasteiger partial charge >= 0.3 is 6.09 Å². The quantitative estimate of drug-likeness (QED) is 0.326. The molecule has 2 fully saturated rings. The van der Waals surface area contributed by atoms with Gasteiger partial charge < -0.3 is 31.3 Å². The summed E-state index contributed by atoms with van der Waals surface area (Å²) in [6.45, 7) is 4.46. The van der Waals surface area contributed by atoms with E-state index in [0.717, 1.165) is 0 Å². The van der Waals surface area contributed by atoms with Gasteiger partial charge in [-0.2, -0.15) is 0 Å². The Morgan fingerprint density at radius 2 is 1.94 bits per heavy atom. The Morgan fingerprint density at radius 3 is 2.69 bits per heavy atom. The number of ketones is 1. The number of rotatable bonds is 4. The number of carbonyl (C=O) groups excluding carboxylic acids is 5. The van der Waals surface area contributed by atoms with Crippen LogP contribution in [0.4, 0.5) is 4.79 Å². The molecule has 2 saturated heterocycles. The van der Waals surface area contributed by atoms with E-state index in [4.69, 9.17) is 10.5 Å². The van der Waals surface area contributed by atoms with Crippen LogP contribution in [0.2, 0.25) is 0 Å². The molecule has 2 heterocycles. The highest BCUT2D eigenvalue weighted by molar-refractivity contribution is 6.38. The third kappa shape index (κ3) is 7.33. The molecular formula is C21H33N5O6. The Morgan fingerprint density at radius 1 is 1.16 bits per heavy atom. The molecule has 0 radical (unpaired) electrons. The Hall–Kier alpha value is -2.95. The molecule has 0 aromatic rings. The number of Topliss-reactive ketones (excluding diaryl/α,β-unsaturated/α-hetero) is 1. The maximum absolute atomic E-state index is 13.0. The fraction of sp³-hybridized carbons (Fsp3) is 0.667. The van der Waals surface area contributed by atoms with E-state index >= 15 is 0 Å². The van der Waals surface area contributed by atoms with Crippen LogP contribution in [0.3, 0.4) is 0 Å². The highest BCUT2D eigenvalue weighted by Crippen LogP contribution is 2.20. The van der Waals surface area contributed by atoms with Crippen LogP contribution in [0.25, 0.3) is 0 Å². The summed E-state index contributed by atoms with van der Waals surface area (Å²) in [5, 5.41) is 7.69. The lowest BCUT2D eigenvalue weighted by molar-refractivity contribution is -0.142. The van der Waals surface area contributed by atoms with Crippen LogP contribution in [0, 0.1) is 0 Å². The zero-order chi connectivity index (χ0) is 23.5. The van der Waals surface area contributed by atoms with Gasteiger partial charge in [0.05, 0.1) is 18.7 Å². The zero-order valence-electron chi connectivity index (χ0n) is 18.3. The van der Waals surface area contributed by atoms with Gasteiger partial charge in [0.25, 0.3) is 5.91 Å². The molecule has 32 heavy (non-hydrogen) atoms. The average molecular weight is 452 g/mol. The van der Waals surface area contributed by atoms with Gasteiger partial charge in [0.1, 0.15) is 6.04 Å². The third-order valence-corrected chi connectivity index (χ3v) is 5.50. The number of cyclic esters (lactones) is 1. The van der Waals surface area contributed by atoms with Gasteiger partial charge in [-0.05, 0) is 44.9 Å². The lowest BCUT2D eigenvalue weighted by Gasteiger charge is -2.28. The van der Waals surface area contributed by atoms with E-state index in [1.807, 2.05) is 0 Å². The Kier molecular flexibility index (Phi) is 10.1. The van der Waals surface area contributed by atoms with Gasteiger partial charge in [0.15, 0.2) is 0 Å². The van der Waals surface area contributed by atoms with Crippen molar-refractivity contribution in [3.63, 3.8) is 0 Å². The first-order valence-corrected chi connectivity index (χ1v) is 11.0. The first-order chi connectivity index (χ1) is 15.3. The van der Waals surface area contributed by atoms with Crippen LogP contribution in [-0.4, -0.2) is 78.9 Å². The van der Waals surface area contributed by atoms with Crippen LogP contribution in [0.5, 0.6) is 0 Å². The molecule has 0 aromatic carbocycles. The van der Waals surface area contributed by atoms with Crippen molar-refractivity contribution in [3.8, 4) is 0 Å². The minimum absolute atomic E-state index is 0.125. The SMILES string of the molecule is C=CCNC(=O)C(=O)[C@@H]1CCCCNC(=O)OCCC[C@H](N)C(=O)N2CCC[C@H]2C(=O)N1. The van der Waals surface area contributed by atoms with Gasteiger partial charge in [0, 0.05) is 19.6 Å². The summed E-state index contributed by atoms with van der Waals surface area (Å²) >= 11 is 0. The maximum Gasteiger partial charge on any atom is 0.407 e. The molecule has 0 unspecified atom stereocenters. The van der Waals surface area contributed by atoms with Crippen molar-refractivity contribution in [2.45, 2.75) is 63.1 Å². The lowest BCUT2D eigenvalue weighted by Crippen LogP contribution is -2.55. The molecule has 2 aliphatic rings. The van der Waals surface area contributed by atoms with Crippen molar-refractivity contribution in [2.24, 2.45) is 5.73 Å². The molecule has 0 aromatic heterocycles. The minimum atomic E-state index is -1.04. The second kappa shape index (κ2) is 12.8. The van der Waals surface area contributed by atoms with Crippen molar-refractivity contribution >= 4 is 29.6 Å². The van der Waals surface area contributed by atoms with Crippen molar-refractivity contribution in [2.75, 3.05) is 26.2 Å². The number of nitrogens with two attached hydrogens (primary N) is 1. The van der Waals surface area contributed by atoms with Crippen molar-refractivity contribution in [1.82, 2.24) is 20.9 Å². The second-order valence-electron chi connectivity index (χ2n) is 7.92. The molecular weight excluding hydrogens is 418 g/mol. The fourth-order valence-corrected chi connectivity index (χ4v) is 3.77. The van der Waals surface area contributed by atoms with Crippen molar-refractivity contribution in [1.29, 1.82) is 0 Å². The molecule has 5 N–H and O–H groups in total. The summed E-state index contributed by atoms with van der Waals surface area (Å²) in [5.41, 5.74) is 6.01. The molecule has 0 saturated carbocycles. The smallest absolute Gasteiger partial charge is 0.407 e. The normalized spacial score (nSPS) is 26.1. The van der Waals surface area contributed by atoms with E-state index in [0.29, 0.717) is 51.6 Å². The summed E-state index contributed by atoms with van der Waals surface area (Å²) in [5.74, 6) is -2.41. The topological polar surface area (TPSA) is 160 Å². The minimum Gasteiger partial charge on any atom is -0.450 e. The Balaban J connectivity index is 2.16. The zero-order valence-corrected chi connectivity index (χ0v) is 18.3. The molecule has 2 aliphatic heterocycles. The summed E-state index contributed by atoms with van der Waals surface area (Å²) in [4.78, 5) is 63.7. The first-order valence-electron chi connectivity index (χ1n) is 11.0. The number of ether oxygens (including phenoxy) is 1. The molecule has 0 spiro atoms. The highest BCUT2D eigenvalue weighted by Gasteiger charge is 2.38. The average Bonchev–Trinajstić information content (AvgIpc) is 3.27. The van der Waals surface area contributed by atoms with Crippen LogP contribution in [0.15, 0.2) is 12.7 Å². The maximum atomic E-state index is 13.0. The number of hydrogen-bond acceptors (Lipinski definition) is 7. The number of fused-ring (bicyclic) bond motifs is 1. The van der Waals surface area contributed by atoms with E-state index in [2.05, 4.69) is 22.5 Å². The second-order valence-corrected chi connectivity index (χ2v) is 7.92. The van der Waals surface area contributed by atoms with Gasteiger partial charge in [0.2, 0.25) is 17.6 Å². The molecule has 0 bridgehead atoms. The number of nitrogens with zero attached hydrogens (tertiary/aromatic N) is 1. The van der Waals surface area contributed by atoms with Gasteiger partial charge in [-0.1, -0.05) is 6.08 Å². The van der Waals surface area contributed by atoms with E-state index in [9.17, 15) is 24.0 Å². The number of nitrogens with one attached hydrogen (secondary N) is 3. The monoisotopic (exact) mass is 451 g/mol. The standard InChI is InChI=1S/C21H33N5O6/c1-2-10-23-19(29)17(27)15-8-3-4-11-24-21(31)32-13-6-7-14(22)20(30)26-12-5-9-16(26)18(28)25-15/h2,14-16H,1,3-13,22H2,(H,23,29)(H,24,31)(H,25,28)/t14-,15-,16-/m0/s1. The molecule has 3 atom stereocenters. The van der Waals surface area contributed by atoms with Gasteiger partial charge in [-0.25, -0.2) is 4.79 Å². The van der Waals surface area contributed by atoms with E-state index < -0.39 is 41.8 Å². The Bertz CT molecular complexity index is 727. The highest BCUT2D eigenvalue weighted by atomic mass is 16.5. The van der Waals surface area contributed by atoms with Crippen LogP contribution >= 0.6 is 0 Å². The first kappa shape index (κ1) is 25.3. The summed E-state index contributed by atoms with van der Waals surface area (Å²) in [6, 6.07) is -2.61. The fourth-order valence-electron chi connectivity index (χ4n) is 3.77. The third-order valence-electron chi connectivity index (χ3n) is 5.50. The largest absolute Gasteiger partial charge is 0.450 e. The Labute approximate surface area is 187 Å². The van der Waals surface area contributed by atoms with Crippen molar-refractivity contribution < 1.29 is 28.7 Å². The number of amides is 4. The van der Waals surface area contributed by atoms with E-state index in [1.165, 1.54) is 11.0 Å². The molecule has 2 rings (SSSR count). The van der Waals surface area contributed by atoms with Crippen LogP contribution in [-0.2, 0) is 23.9 Å². The summed E-state index contributed by atoms with van der Waals surface area (Å²) < 4.78 is 5.07. The van der Waals surface area contributed by atoms with Crippen molar-refractivity contribution in [3.05, 3.63) is 12.7 Å². The van der Waals surface area contributed by atoms with E-state index in [1.54, 1.807) is 0 Å². The molecule has 0 aliphatic carbocycles. The molecule has 4 amide bonds. The summed E-state index contributed by atoms with van der Waals surface area (Å²) in [6.07, 6.45) is 3.91. The lowest BCUT2D eigenvalue weighted by atomic mass is 10.0. The predicted molar refractivity (Wildman–Crippen MR) is 115 cm³/mol. The van der Waals surface area contributed by atoms with Gasteiger partial charge in [-0.3, -0.25) is 19.2 Å². The summed E-state index contributed by atoms with van der Waals surface area (Å²) in [7, 11) is 0. The van der Waals surface area contributed by atoms with Crippen LogP contribution in [0.1, 0.15) is 44.9 Å². The molecule has 178 valence electrons. The van der Waals surface area contributed by atoms with Gasteiger partial charge in [-0.15, -0.1) is 6.58 Å².